The van der Waals surface area contributed by atoms with Gasteiger partial charge in [0.05, 0.1) is 5.69 Å². The number of anilines is 1. The van der Waals surface area contributed by atoms with Crippen molar-refractivity contribution >= 4 is 16.6 Å². The van der Waals surface area contributed by atoms with Crippen molar-refractivity contribution in [3.63, 3.8) is 0 Å². The minimum absolute atomic E-state index is 0.633. The molecule has 1 aromatic carbocycles. The molecule has 3 rings (SSSR count). The van der Waals surface area contributed by atoms with Crippen molar-refractivity contribution < 1.29 is 0 Å². The highest BCUT2D eigenvalue weighted by Crippen LogP contribution is 2.34. The van der Waals surface area contributed by atoms with E-state index >= 15 is 0 Å². The Labute approximate surface area is 126 Å². The highest BCUT2D eigenvalue weighted by Gasteiger charge is 2.30. The summed E-state index contributed by atoms with van der Waals surface area (Å²) in [6.07, 6.45) is 4.51. The molecular weight excluding hydrogens is 258 g/mol. The first-order chi connectivity index (χ1) is 10.3. The number of nitrogens with zero attached hydrogens (tertiary/aromatic N) is 2. The van der Waals surface area contributed by atoms with Crippen molar-refractivity contribution in [1.29, 1.82) is 0 Å². The zero-order valence-corrected chi connectivity index (χ0v) is 12.7. The van der Waals surface area contributed by atoms with Crippen LogP contribution in [0.25, 0.3) is 10.8 Å². The average Bonchev–Trinajstić information content (AvgIpc) is 3.34. The third-order valence-electron chi connectivity index (χ3n) is 3.91. The number of nitrogens with one attached hydrogen (secondary N) is 1. The molecule has 0 unspecified atom stereocenters. The standard InChI is InChI=1S/C18H23N3/c1-3-11-21(16-9-10-16)18-17-8-6-5-7-14(17)12-15(20-18)13-19-4-2/h3,5-8,12,16,19H,1,4,9-11,13H2,2H3. The average molecular weight is 281 g/mol. The van der Waals surface area contributed by atoms with Gasteiger partial charge in [-0.05, 0) is 30.8 Å². The molecule has 3 nitrogen and oxygen atoms in total. The Morgan fingerprint density at radius 1 is 1.38 bits per heavy atom. The van der Waals surface area contributed by atoms with Gasteiger partial charge in [0, 0.05) is 24.5 Å². The lowest BCUT2D eigenvalue weighted by molar-refractivity contribution is 0.708. The maximum atomic E-state index is 4.93. The second-order valence-corrected chi connectivity index (χ2v) is 5.61. The molecule has 1 saturated carbocycles. The molecule has 2 aromatic rings. The molecule has 3 heteroatoms. The van der Waals surface area contributed by atoms with E-state index < -0.39 is 0 Å². The SMILES string of the molecule is C=CCN(c1nc(CNCC)cc2ccccc12)C1CC1. The molecule has 21 heavy (non-hydrogen) atoms. The highest BCUT2D eigenvalue weighted by molar-refractivity contribution is 5.92. The van der Waals surface area contributed by atoms with Crippen LogP contribution in [0.3, 0.4) is 0 Å². The Morgan fingerprint density at radius 3 is 2.90 bits per heavy atom. The number of benzene rings is 1. The smallest absolute Gasteiger partial charge is 0.137 e. The van der Waals surface area contributed by atoms with Gasteiger partial charge in [0.1, 0.15) is 5.82 Å². The summed E-state index contributed by atoms with van der Waals surface area (Å²) in [6, 6.07) is 11.4. The van der Waals surface area contributed by atoms with Crippen LogP contribution in [0.2, 0.25) is 0 Å². The summed E-state index contributed by atoms with van der Waals surface area (Å²) in [6.45, 7) is 8.68. The maximum Gasteiger partial charge on any atom is 0.137 e. The Morgan fingerprint density at radius 2 is 2.19 bits per heavy atom. The monoisotopic (exact) mass is 281 g/mol. The fraction of sp³-hybridized carbons (Fsp3) is 0.389. The van der Waals surface area contributed by atoms with Crippen molar-refractivity contribution in [2.45, 2.75) is 32.4 Å². The van der Waals surface area contributed by atoms with Gasteiger partial charge < -0.3 is 10.2 Å². The van der Waals surface area contributed by atoms with Crippen LogP contribution in [0.5, 0.6) is 0 Å². The van der Waals surface area contributed by atoms with Crippen LogP contribution in [0.4, 0.5) is 5.82 Å². The molecule has 0 atom stereocenters. The number of pyridine rings is 1. The van der Waals surface area contributed by atoms with Crippen LogP contribution in [0, 0.1) is 0 Å². The Kier molecular flexibility index (Phi) is 4.20. The van der Waals surface area contributed by atoms with Crippen molar-refractivity contribution in [2.75, 3.05) is 18.0 Å². The highest BCUT2D eigenvalue weighted by atomic mass is 15.2. The van der Waals surface area contributed by atoms with E-state index in [1.54, 1.807) is 0 Å². The molecule has 0 amide bonds. The van der Waals surface area contributed by atoms with E-state index in [1.807, 2.05) is 6.08 Å². The molecule has 110 valence electrons. The van der Waals surface area contributed by atoms with Crippen molar-refractivity contribution in [3.8, 4) is 0 Å². The molecule has 1 heterocycles. The van der Waals surface area contributed by atoms with Crippen LogP contribution in [-0.4, -0.2) is 24.1 Å². The Bertz CT molecular complexity index is 631. The van der Waals surface area contributed by atoms with Gasteiger partial charge in [-0.1, -0.05) is 37.3 Å². The van der Waals surface area contributed by atoms with Crippen molar-refractivity contribution in [2.24, 2.45) is 0 Å². The number of hydrogen-bond acceptors (Lipinski definition) is 3. The zero-order chi connectivity index (χ0) is 14.7. The molecule has 1 N–H and O–H groups in total. The topological polar surface area (TPSA) is 28.2 Å². The lowest BCUT2D eigenvalue weighted by atomic mass is 10.1. The van der Waals surface area contributed by atoms with E-state index in [-0.39, 0.29) is 0 Å². The molecule has 0 bridgehead atoms. The lowest BCUT2D eigenvalue weighted by Crippen LogP contribution is -2.27. The predicted molar refractivity (Wildman–Crippen MR) is 89.7 cm³/mol. The van der Waals surface area contributed by atoms with Gasteiger partial charge in [0.2, 0.25) is 0 Å². The second kappa shape index (κ2) is 6.27. The summed E-state index contributed by atoms with van der Waals surface area (Å²) < 4.78 is 0. The summed E-state index contributed by atoms with van der Waals surface area (Å²) in [5, 5.41) is 5.88. The first kappa shape index (κ1) is 14.1. The molecule has 1 fully saturated rings. The molecular formula is C18H23N3. The summed E-state index contributed by atoms with van der Waals surface area (Å²) in [7, 11) is 0. The third-order valence-corrected chi connectivity index (χ3v) is 3.91. The third kappa shape index (κ3) is 3.08. The summed E-state index contributed by atoms with van der Waals surface area (Å²) in [5.74, 6) is 1.11. The van der Waals surface area contributed by atoms with E-state index in [1.165, 1.54) is 23.6 Å². The predicted octanol–water partition coefficient (Wildman–Crippen LogP) is 3.50. The molecule has 0 saturated heterocycles. The van der Waals surface area contributed by atoms with Gasteiger partial charge in [-0.25, -0.2) is 4.98 Å². The molecule has 0 radical (unpaired) electrons. The number of aromatic nitrogens is 1. The fourth-order valence-electron chi connectivity index (χ4n) is 2.73. The number of hydrogen-bond donors (Lipinski definition) is 1. The van der Waals surface area contributed by atoms with E-state index in [0.29, 0.717) is 6.04 Å². The minimum atomic E-state index is 0.633. The van der Waals surface area contributed by atoms with Gasteiger partial charge in [-0.15, -0.1) is 6.58 Å². The molecule has 0 spiro atoms. The normalized spacial score (nSPS) is 14.3. The lowest BCUT2D eigenvalue weighted by Gasteiger charge is -2.24. The minimum Gasteiger partial charge on any atom is -0.349 e. The van der Waals surface area contributed by atoms with E-state index in [2.05, 4.69) is 54.1 Å². The van der Waals surface area contributed by atoms with Gasteiger partial charge in [-0.2, -0.15) is 0 Å². The number of rotatable bonds is 7. The summed E-state index contributed by atoms with van der Waals surface area (Å²) >= 11 is 0. The Balaban J connectivity index is 2.06. The molecule has 1 aliphatic rings. The van der Waals surface area contributed by atoms with Crippen LogP contribution in [-0.2, 0) is 6.54 Å². The first-order valence-corrected chi connectivity index (χ1v) is 7.80. The molecule has 1 aromatic heterocycles. The van der Waals surface area contributed by atoms with Crippen molar-refractivity contribution in [3.05, 3.63) is 48.7 Å². The van der Waals surface area contributed by atoms with Crippen LogP contribution in [0.15, 0.2) is 43.0 Å². The van der Waals surface area contributed by atoms with Crippen molar-refractivity contribution in [1.82, 2.24) is 10.3 Å². The van der Waals surface area contributed by atoms with E-state index in [0.717, 1.165) is 31.1 Å². The molecule has 1 aliphatic carbocycles. The Hall–Kier alpha value is -1.87. The summed E-state index contributed by atoms with van der Waals surface area (Å²) in [5.41, 5.74) is 1.11. The summed E-state index contributed by atoms with van der Waals surface area (Å²) in [4.78, 5) is 7.34. The second-order valence-electron chi connectivity index (χ2n) is 5.61. The number of fused-ring (bicyclic) bond motifs is 1. The molecule has 0 aliphatic heterocycles. The van der Waals surface area contributed by atoms with E-state index in [9.17, 15) is 0 Å². The quantitative estimate of drug-likeness (QED) is 0.787. The van der Waals surface area contributed by atoms with Crippen LogP contribution >= 0.6 is 0 Å². The van der Waals surface area contributed by atoms with Crippen LogP contribution in [0.1, 0.15) is 25.5 Å². The van der Waals surface area contributed by atoms with Crippen LogP contribution < -0.4 is 10.2 Å². The van der Waals surface area contributed by atoms with Gasteiger partial charge in [-0.3, -0.25) is 0 Å². The zero-order valence-electron chi connectivity index (χ0n) is 12.7. The first-order valence-electron chi connectivity index (χ1n) is 7.80. The maximum absolute atomic E-state index is 4.93. The van der Waals surface area contributed by atoms with Gasteiger partial charge >= 0.3 is 0 Å². The fourth-order valence-corrected chi connectivity index (χ4v) is 2.73. The van der Waals surface area contributed by atoms with Gasteiger partial charge in [0.15, 0.2) is 0 Å². The van der Waals surface area contributed by atoms with Gasteiger partial charge in [0.25, 0.3) is 0 Å². The largest absolute Gasteiger partial charge is 0.349 e. The van der Waals surface area contributed by atoms with E-state index in [4.69, 9.17) is 4.98 Å².